The van der Waals surface area contributed by atoms with Gasteiger partial charge in [-0.2, -0.15) is 0 Å². The summed E-state index contributed by atoms with van der Waals surface area (Å²) in [5, 5.41) is 0. The Bertz CT molecular complexity index is 29.1. The molecule has 0 saturated carbocycles. The molecule has 0 radical (unpaired) electrons. The van der Waals surface area contributed by atoms with Gasteiger partial charge in [-0.15, -0.1) is 0 Å². The molecule has 0 spiro atoms. The zero-order chi connectivity index (χ0) is 4.50. The molecule has 0 aromatic rings. The molecule has 0 aromatic carbocycles. The van der Waals surface area contributed by atoms with Crippen molar-refractivity contribution in [2.24, 2.45) is 0 Å². The molecule has 0 aliphatic carbocycles. The van der Waals surface area contributed by atoms with Crippen molar-refractivity contribution in [1.82, 2.24) is 0 Å². The topological polar surface area (TPSA) is 158 Å². The normalized spacial score (nSPS) is 6.00. The van der Waals surface area contributed by atoms with Crippen LogP contribution in [0.5, 0.6) is 0 Å². The summed E-state index contributed by atoms with van der Waals surface area (Å²) >= 11 is -7.28. The predicted molar refractivity (Wildman–Crippen MR) is 28.3 cm³/mol. The molecule has 0 aliphatic heterocycles. The maximum absolute atomic E-state index is 9.91. The molecule has 72 valence electrons. The second-order valence-electron chi connectivity index (χ2n) is 0.429. The van der Waals surface area contributed by atoms with Crippen molar-refractivity contribution in [3.63, 3.8) is 0 Å². The molecule has 0 rings (SSSR count). The van der Waals surface area contributed by atoms with Gasteiger partial charge in [0.1, 0.15) is 0 Å². The van der Waals surface area contributed by atoms with E-state index in [1.54, 1.807) is 0 Å². The van der Waals surface area contributed by atoms with Crippen LogP contribution in [0.3, 0.4) is 0 Å². The van der Waals surface area contributed by atoms with E-state index in [0.717, 1.165) is 0 Å². The van der Waals surface area contributed by atoms with Crippen LogP contribution in [-0.4, -0.2) is 51.1 Å². The van der Waals surface area contributed by atoms with Gasteiger partial charge in [0.25, 0.3) is 0 Å². The van der Waals surface area contributed by atoms with Crippen LogP contribution < -0.4 is 0 Å². The van der Waals surface area contributed by atoms with Gasteiger partial charge in [0.05, 0.1) is 0 Å². The van der Waals surface area contributed by atoms with Gasteiger partial charge in [0.2, 0.25) is 0 Å². The van der Waals surface area contributed by atoms with E-state index in [0.29, 0.717) is 0 Å². The molecule has 5 nitrogen and oxygen atoms in total. The summed E-state index contributed by atoms with van der Waals surface area (Å²) < 4.78 is 39.6. The molecule has 0 bridgehead atoms. The van der Waals surface area contributed by atoms with E-state index >= 15 is 0 Å². The van der Waals surface area contributed by atoms with Gasteiger partial charge >= 0.3 is 33.7 Å². The summed E-state index contributed by atoms with van der Waals surface area (Å²) in [6, 6.07) is 0. The van der Waals surface area contributed by atoms with E-state index < -0.39 is 23.7 Å². The average molecular weight is 373 g/mol. The Morgan fingerprint density at radius 2 is 0.500 bits per heavy atom. The van der Waals surface area contributed by atoms with Crippen molar-refractivity contribution in [2.75, 3.05) is 0 Å². The van der Waals surface area contributed by atoms with Gasteiger partial charge in [0.15, 0.2) is 0 Å². The monoisotopic (exact) mass is 374 g/mol. The molecule has 0 fully saturated rings. The third-order valence-corrected chi connectivity index (χ3v) is 0. The van der Waals surface area contributed by atoms with E-state index in [1.807, 2.05) is 0 Å². The molecule has 10 N–H and O–H groups in total. The van der Waals surface area contributed by atoms with Crippen molar-refractivity contribution < 1.29 is 37.4 Å². The molecule has 0 aliphatic rings. The second kappa shape index (κ2) is 16.2. The third kappa shape index (κ3) is 2390. The summed E-state index contributed by atoms with van der Waals surface area (Å²) in [5.74, 6) is 0. The van der Waals surface area contributed by atoms with Crippen molar-refractivity contribution in [2.45, 2.75) is 0 Å². The second-order valence-corrected chi connectivity index (χ2v) is 3.76. The first-order valence-electron chi connectivity index (χ1n) is 0.756. The van der Waals surface area contributed by atoms with Crippen LogP contribution in [0.4, 0.5) is 10.0 Å². The molecule has 0 unspecified atom stereocenters. The van der Waals surface area contributed by atoms with Gasteiger partial charge in [-0.1, -0.05) is 0 Å². The number of hydrogen-bond donors (Lipinski definition) is 0. The van der Waals surface area contributed by atoms with Crippen molar-refractivity contribution >= 4 is 23.7 Å². The molecular weight excluding hydrogens is 363 g/mol. The van der Waals surface area contributed by atoms with Crippen LogP contribution in [0.2, 0.25) is 0 Å². The first-order valence-corrected chi connectivity index (χ1v) is 6.63. The van der Waals surface area contributed by atoms with E-state index in [9.17, 15) is 10.0 Å². The number of rotatable bonds is 0. The van der Waals surface area contributed by atoms with Crippen LogP contribution in [0.15, 0.2) is 0 Å². The minimum absolute atomic E-state index is 0. The minimum atomic E-state index is -7.28. The Morgan fingerprint density at radius 1 is 0.500 bits per heavy atom. The fraction of sp³-hybridized carbons (Fsp3) is 0. The molecule has 0 aromatic heterocycles. The van der Waals surface area contributed by atoms with E-state index in [-0.39, 0.29) is 27.4 Å². The first-order chi connectivity index (χ1) is 2.00. The Hall–Kier alpha value is 0.442. The van der Waals surface area contributed by atoms with Gasteiger partial charge in [-0.25, -0.2) is 0 Å². The number of hydrogen-bond acceptors (Lipinski definition) is 0. The fourth-order valence-electron chi connectivity index (χ4n) is 0. The number of halogens is 4. The summed E-state index contributed by atoms with van der Waals surface area (Å²) in [7, 11) is 0. The van der Waals surface area contributed by atoms with Crippen LogP contribution in [0, 0.1) is 0 Å². The van der Waals surface area contributed by atoms with Crippen LogP contribution in [-0.2, 0) is 0 Å². The van der Waals surface area contributed by atoms with E-state index in [1.165, 1.54) is 0 Å². The molecule has 0 saturated heterocycles. The molecule has 10 heavy (non-hydrogen) atoms. The Labute approximate surface area is 61.6 Å². The quantitative estimate of drug-likeness (QED) is 0.317. The van der Waals surface area contributed by atoms with Gasteiger partial charge < -0.3 is 27.4 Å². The summed E-state index contributed by atoms with van der Waals surface area (Å²) in [6.45, 7) is 0. The van der Waals surface area contributed by atoms with Gasteiger partial charge in [-0.05, 0) is 0 Å². The van der Waals surface area contributed by atoms with Crippen LogP contribution in [0.1, 0.15) is 0 Å². The Morgan fingerprint density at radius 3 is 0.500 bits per heavy atom. The Kier molecular flexibility index (Phi) is 76.5. The Balaban J connectivity index is -0.00000000800. The molecule has 0 atom stereocenters. The van der Waals surface area contributed by atoms with Gasteiger partial charge in [0, 0.05) is 0 Å². The molecule has 0 amide bonds. The van der Waals surface area contributed by atoms with Crippen molar-refractivity contribution in [3.05, 3.63) is 0 Å². The first kappa shape index (κ1) is 47.2. The van der Waals surface area contributed by atoms with Gasteiger partial charge in [-0.3, -0.25) is 0 Å². The predicted octanol–water partition coefficient (Wildman–Crippen LogP) is -2.82. The van der Waals surface area contributed by atoms with E-state index in [4.69, 9.17) is 0 Å². The van der Waals surface area contributed by atoms with Crippen molar-refractivity contribution in [3.8, 4) is 0 Å². The molecule has 0 heterocycles. The fourth-order valence-corrected chi connectivity index (χ4v) is 0. The zero-order valence-corrected chi connectivity index (χ0v) is 8.40. The zero-order valence-electron chi connectivity index (χ0n) is 4.51. The average Bonchev–Trinajstić information content (AvgIpc) is 0.722. The third-order valence-electron chi connectivity index (χ3n) is 0. The summed E-state index contributed by atoms with van der Waals surface area (Å²) in [4.78, 5) is 0. The SMILES string of the molecule is O.O.O.O.O.[F][Pb]([F])([F])[F]. The van der Waals surface area contributed by atoms with Crippen LogP contribution >= 0.6 is 0 Å². The molecular formula is H10F4O5Pb. The summed E-state index contributed by atoms with van der Waals surface area (Å²) in [6.07, 6.45) is 0. The molecule has 10 heteroatoms. The standard InChI is InChI=1S/4FH.5H2O.Pb/h4*1H;5*1H2;/q;;;;;;;;;+4/p-4. The van der Waals surface area contributed by atoms with Crippen LogP contribution in [0.25, 0.3) is 0 Å². The van der Waals surface area contributed by atoms with E-state index in [2.05, 4.69) is 0 Å². The maximum atomic E-state index is 9.91. The van der Waals surface area contributed by atoms with Crippen molar-refractivity contribution in [1.29, 1.82) is 0 Å². The summed E-state index contributed by atoms with van der Waals surface area (Å²) in [5.41, 5.74) is 0.